The Morgan fingerprint density at radius 1 is 1.22 bits per heavy atom. The SMILES string of the molecule is CN(c1ncnc2[nH]ccc12)C1CC(CS(=O)(=O)CC2CC2)C1. The fourth-order valence-electron chi connectivity index (χ4n) is 3.54. The number of fused-ring (bicyclic) bond motifs is 1. The van der Waals surface area contributed by atoms with E-state index in [9.17, 15) is 8.42 Å². The van der Waals surface area contributed by atoms with Gasteiger partial charge in [-0.1, -0.05) is 0 Å². The first-order chi connectivity index (χ1) is 11.0. The minimum Gasteiger partial charge on any atom is -0.356 e. The third kappa shape index (κ3) is 3.06. The lowest BCUT2D eigenvalue weighted by Gasteiger charge is -2.41. The second-order valence-corrected chi connectivity index (χ2v) is 9.21. The van der Waals surface area contributed by atoms with Crippen LogP contribution in [0, 0.1) is 11.8 Å². The van der Waals surface area contributed by atoms with Crippen molar-refractivity contribution in [1.29, 1.82) is 0 Å². The number of aromatic nitrogens is 3. The van der Waals surface area contributed by atoms with Gasteiger partial charge in [0.1, 0.15) is 17.8 Å². The highest BCUT2D eigenvalue weighted by molar-refractivity contribution is 7.91. The normalized spacial score (nSPS) is 24.6. The van der Waals surface area contributed by atoms with Crippen LogP contribution >= 0.6 is 0 Å². The highest BCUT2D eigenvalue weighted by Crippen LogP contribution is 2.37. The van der Waals surface area contributed by atoms with Crippen LogP contribution in [0.3, 0.4) is 0 Å². The molecule has 2 aromatic heterocycles. The molecule has 2 fully saturated rings. The quantitative estimate of drug-likeness (QED) is 0.874. The molecule has 0 radical (unpaired) electrons. The second-order valence-electron chi connectivity index (χ2n) is 7.06. The summed E-state index contributed by atoms with van der Waals surface area (Å²) in [6, 6.07) is 2.35. The van der Waals surface area contributed by atoms with Crippen molar-refractivity contribution in [3.05, 3.63) is 18.6 Å². The molecule has 7 heteroatoms. The lowest BCUT2D eigenvalue weighted by atomic mass is 9.81. The highest BCUT2D eigenvalue weighted by atomic mass is 32.2. The summed E-state index contributed by atoms with van der Waals surface area (Å²) in [6.45, 7) is 0. The molecule has 2 aliphatic carbocycles. The molecule has 2 saturated carbocycles. The summed E-state index contributed by atoms with van der Waals surface area (Å²) in [6.07, 6.45) is 7.48. The molecule has 0 aliphatic heterocycles. The van der Waals surface area contributed by atoms with E-state index in [4.69, 9.17) is 0 Å². The van der Waals surface area contributed by atoms with E-state index in [1.807, 2.05) is 19.3 Å². The summed E-state index contributed by atoms with van der Waals surface area (Å²) >= 11 is 0. The average molecular weight is 334 g/mol. The molecule has 1 N–H and O–H groups in total. The van der Waals surface area contributed by atoms with Crippen LogP contribution in [0.1, 0.15) is 25.7 Å². The predicted molar refractivity (Wildman–Crippen MR) is 90.2 cm³/mol. The van der Waals surface area contributed by atoms with Crippen LogP contribution < -0.4 is 4.90 Å². The lowest BCUT2D eigenvalue weighted by molar-refractivity contribution is 0.282. The molecule has 0 atom stereocenters. The maximum absolute atomic E-state index is 12.1. The monoisotopic (exact) mass is 334 g/mol. The number of nitrogens with zero attached hydrogens (tertiary/aromatic N) is 3. The van der Waals surface area contributed by atoms with Crippen molar-refractivity contribution >= 4 is 26.7 Å². The fraction of sp³-hybridized carbons (Fsp3) is 0.625. The molecular weight excluding hydrogens is 312 g/mol. The number of nitrogens with one attached hydrogen (secondary N) is 1. The Morgan fingerprint density at radius 3 is 2.70 bits per heavy atom. The van der Waals surface area contributed by atoms with Crippen LogP contribution in [0.25, 0.3) is 11.0 Å². The minimum absolute atomic E-state index is 0.301. The van der Waals surface area contributed by atoms with Gasteiger partial charge in [-0.25, -0.2) is 18.4 Å². The Labute approximate surface area is 136 Å². The Balaban J connectivity index is 1.38. The molecule has 0 bridgehead atoms. The molecule has 0 spiro atoms. The van der Waals surface area contributed by atoms with Crippen LogP contribution in [-0.2, 0) is 9.84 Å². The van der Waals surface area contributed by atoms with E-state index in [-0.39, 0.29) is 0 Å². The summed E-state index contributed by atoms with van der Waals surface area (Å²) in [7, 11) is -0.831. The molecule has 0 aromatic carbocycles. The zero-order valence-electron chi connectivity index (χ0n) is 13.3. The first kappa shape index (κ1) is 14.9. The predicted octanol–water partition coefficient (Wildman–Crippen LogP) is 2.00. The van der Waals surface area contributed by atoms with Gasteiger partial charge in [0.05, 0.1) is 16.9 Å². The molecular formula is C16H22N4O2S. The maximum atomic E-state index is 12.1. The van der Waals surface area contributed by atoms with Gasteiger partial charge in [-0.05, 0) is 43.6 Å². The second kappa shape index (κ2) is 5.47. The van der Waals surface area contributed by atoms with Crippen molar-refractivity contribution in [2.45, 2.75) is 31.7 Å². The highest BCUT2D eigenvalue weighted by Gasteiger charge is 2.37. The molecule has 124 valence electrons. The van der Waals surface area contributed by atoms with Gasteiger partial charge in [-0.3, -0.25) is 0 Å². The van der Waals surface area contributed by atoms with E-state index >= 15 is 0 Å². The van der Waals surface area contributed by atoms with Gasteiger partial charge in [0.2, 0.25) is 0 Å². The molecule has 0 saturated heterocycles. The number of hydrogen-bond donors (Lipinski definition) is 1. The van der Waals surface area contributed by atoms with Crippen LogP contribution in [-0.4, -0.2) is 48.0 Å². The summed E-state index contributed by atoms with van der Waals surface area (Å²) < 4.78 is 24.3. The summed E-state index contributed by atoms with van der Waals surface area (Å²) in [5, 5.41) is 1.01. The number of hydrogen-bond acceptors (Lipinski definition) is 5. The molecule has 0 unspecified atom stereocenters. The first-order valence-corrected chi connectivity index (χ1v) is 10.1. The molecule has 2 heterocycles. The van der Waals surface area contributed by atoms with Gasteiger partial charge in [-0.15, -0.1) is 0 Å². The van der Waals surface area contributed by atoms with E-state index in [0.717, 1.165) is 42.5 Å². The van der Waals surface area contributed by atoms with Crippen molar-refractivity contribution in [3.8, 4) is 0 Å². The Kier molecular flexibility index (Phi) is 3.55. The Bertz CT molecular complexity index is 806. The van der Waals surface area contributed by atoms with Crippen molar-refractivity contribution in [1.82, 2.24) is 15.0 Å². The van der Waals surface area contributed by atoms with Crippen LogP contribution in [0.2, 0.25) is 0 Å². The van der Waals surface area contributed by atoms with E-state index in [0.29, 0.717) is 29.4 Å². The molecule has 4 rings (SSSR count). The Hall–Kier alpha value is -1.63. The minimum atomic E-state index is -2.87. The largest absolute Gasteiger partial charge is 0.356 e. The number of sulfone groups is 1. The summed E-state index contributed by atoms with van der Waals surface area (Å²) in [4.78, 5) is 13.9. The number of aromatic amines is 1. The van der Waals surface area contributed by atoms with E-state index < -0.39 is 9.84 Å². The number of H-pyrrole nitrogens is 1. The van der Waals surface area contributed by atoms with Crippen molar-refractivity contribution in [2.75, 3.05) is 23.5 Å². The topological polar surface area (TPSA) is 79.0 Å². The van der Waals surface area contributed by atoms with E-state index in [1.54, 1.807) is 6.33 Å². The third-order valence-electron chi connectivity index (χ3n) is 5.10. The summed E-state index contributed by atoms with van der Waals surface area (Å²) in [5.74, 6) is 2.42. The van der Waals surface area contributed by atoms with Gasteiger partial charge >= 0.3 is 0 Å². The molecule has 6 nitrogen and oxygen atoms in total. The van der Waals surface area contributed by atoms with Crippen molar-refractivity contribution in [2.24, 2.45) is 11.8 Å². The first-order valence-electron chi connectivity index (χ1n) is 8.23. The Morgan fingerprint density at radius 2 is 1.96 bits per heavy atom. The van der Waals surface area contributed by atoms with Crippen LogP contribution in [0.15, 0.2) is 18.6 Å². The standard InChI is InChI=1S/C16H22N4O2S/c1-20(16-14-4-5-17-15(14)18-10-19-16)13-6-12(7-13)9-23(21,22)8-11-2-3-11/h4-5,10-13H,2-3,6-9H2,1H3,(H,17,18,19). The van der Waals surface area contributed by atoms with Gasteiger partial charge in [-0.2, -0.15) is 0 Å². The van der Waals surface area contributed by atoms with Crippen molar-refractivity contribution < 1.29 is 8.42 Å². The number of rotatable bonds is 6. The molecule has 2 aromatic rings. The fourth-order valence-corrected chi connectivity index (χ4v) is 5.71. The molecule has 23 heavy (non-hydrogen) atoms. The van der Waals surface area contributed by atoms with Gasteiger partial charge in [0.15, 0.2) is 9.84 Å². The summed E-state index contributed by atoms with van der Waals surface area (Å²) in [5.41, 5.74) is 0.838. The van der Waals surface area contributed by atoms with Crippen molar-refractivity contribution in [3.63, 3.8) is 0 Å². The van der Waals surface area contributed by atoms with Gasteiger partial charge in [0, 0.05) is 19.3 Å². The smallest absolute Gasteiger partial charge is 0.150 e. The van der Waals surface area contributed by atoms with Gasteiger partial charge < -0.3 is 9.88 Å². The molecule has 2 aliphatic rings. The average Bonchev–Trinajstić information content (AvgIpc) is 3.13. The maximum Gasteiger partial charge on any atom is 0.150 e. The number of anilines is 1. The van der Waals surface area contributed by atoms with E-state index in [1.165, 1.54) is 0 Å². The van der Waals surface area contributed by atoms with E-state index in [2.05, 4.69) is 19.9 Å². The zero-order valence-corrected chi connectivity index (χ0v) is 14.1. The lowest BCUT2D eigenvalue weighted by Crippen LogP contribution is -2.45. The molecule has 0 amide bonds. The third-order valence-corrected chi connectivity index (χ3v) is 7.06. The van der Waals surface area contributed by atoms with Gasteiger partial charge in [0.25, 0.3) is 0 Å². The zero-order chi connectivity index (χ0) is 16.0. The van der Waals surface area contributed by atoms with Crippen LogP contribution in [0.4, 0.5) is 5.82 Å². The van der Waals surface area contributed by atoms with Crippen LogP contribution in [0.5, 0.6) is 0 Å².